The average molecular weight is 201 g/mol. The molecular formula is C10H23N3O. The predicted molar refractivity (Wildman–Crippen MR) is 59.1 cm³/mol. The maximum Gasteiger partial charge on any atom is 0.234 e. The van der Waals surface area contributed by atoms with Gasteiger partial charge in [0, 0.05) is 12.6 Å². The third-order valence-electron chi connectivity index (χ3n) is 2.33. The minimum atomic E-state index is 0.0956. The second kappa shape index (κ2) is 7.76. The van der Waals surface area contributed by atoms with E-state index in [1.165, 1.54) is 0 Å². The van der Waals surface area contributed by atoms with Gasteiger partial charge in [0.2, 0.25) is 5.91 Å². The van der Waals surface area contributed by atoms with E-state index < -0.39 is 0 Å². The van der Waals surface area contributed by atoms with Gasteiger partial charge in [-0.1, -0.05) is 6.92 Å². The van der Waals surface area contributed by atoms with E-state index in [9.17, 15) is 4.79 Å². The highest BCUT2D eigenvalue weighted by Crippen LogP contribution is 2.01. The molecule has 0 spiro atoms. The van der Waals surface area contributed by atoms with Crippen molar-refractivity contribution in [2.24, 2.45) is 5.73 Å². The topological polar surface area (TPSA) is 58.4 Å². The van der Waals surface area contributed by atoms with Crippen molar-refractivity contribution in [1.29, 1.82) is 0 Å². The Labute approximate surface area is 86.8 Å². The van der Waals surface area contributed by atoms with Crippen LogP contribution in [0.2, 0.25) is 0 Å². The fourth-order valence-electron chi connectivity index (χ4n) is 1.44. The summed E-state index contributed by atoms with van der Waals surface area (Å²) in [5.74, 6) is 0.0956. The Morgan fingerprint density at radius 3 is 2.57 bits per heavy atom. The van der Waals surface area contributed by atoms with Crippen LogP contribution in [0.25, 0.3) is 0 Å². The van der Waals surface area contributed by atoms with Crippen molar-refractivity contribution in [3.05, 3.63) is 0 Å². The fourth-order valence-corrected chi connectivity index (χ4v) is 1.44. The van der Waals surface area contributed by atoms with Crippen LogP contribution < -0.4 is 11.1 Å². The van der Waals surface area contributed by atoms with Gasteiger partial charge < -0.3 is 11.1 Å². The van der Waals surface area contributed by atoms with Crippen LogP contribution in [0.3, 0.4) is 0 Å². The largest absolute Gasteiger partial charge is 0.355 e. The zero-order chi connectivity index (χ0) is 11.0. The van der Waals surface area contributed by atoms with Crippen LogP contribution in [0, 0.1) is 0 Å². The van der Waals surface area contributed by atoms with Crippen LogP contribution in [-0.4, -0.2) is 43.0 Å². The first-order valence-electron chi connectivity index (χ1n) is 5.36. The molecule has 0 rings (SSSR count). The maximum absolute atomic E-state index is 11.3. The summed E-state index contributed by atoms with van der Waals surface area (Å²) in [5.41, 5.74) is 5.48. The number of hydrogen-bond donors (Lipinski definition) is 2. The summed E-state index contributed by atoms with van der Waals surface area (Å²) in [6.45, 7) is 8.83. The normalized spacial score (nSPS) is 12.9. The average Bonchev–Trinajstić information content (AvgIpc) is 2.15. The van der Waals surface area contributed by atoms with Gasteiger partial charge in [0.25, 0.3) is 0 Å². The number of rotatable bonds is 7. The summed E-state index contributed by atoms with van der Waals surface area (Å²) in [7, 11) is 0. The number of likely N-dealkylation sites (N-methyl/N-ethyl adjacent to an activating group) is 2. The van der Waals surface area contributed by atoms with Gasteiger partial charge in [-0.05, 0) is 33.4 Å². The highest BCUT2D eigenvalue weighted by molar-refractivity contribution is 5.77. The fraction of sp³-hybridized carbons (Fsp3) is 0.900. The minimum Gasteiger partial charge on any atom is -0.355 e. The number of nitrogens with zero attached hydrogens (tertiary/aromatic N) is 1. The van der Waals surface area contributed by atoms with E-state index in [4.69, 9.17) is 5.73 Å². The van der Waals surface area contributed by atoms with Gasteiger partial charge in [0.15, 0.2) is 0 Å². The molecule has 84 valence electrons. The van der Waals surface area contributed by atoms with E-state index in [0.29, 0.717) is 25.7 Å². The Morgan fingerprint density at radius 1 is 1.50 bits per heavy atom. The van der Waals surface area contributed by atoms with Crippen LogP contribution in [0.4, 0.5) is 0 Å². The Hall–Kier alpha value is -0.610. The Morgan fingerprint density at radius 2 is 2.14 bits per heavy atom. The van der Waals surface area contributed by atoms with Crippen LogP contribution in [0.5, 0.6) is 0 Å². The molecule has 0 saturated carbocycles. The van der Waals surface area contributed by atoms with Crippen LogP contribution in [0.1, 0.15) is 27.2 Å². The summed E-state index contributed by atoms with van der Waals surface area (Å²) >= 11 is 0. The summed E-state index contributed by atoms with van der Waals surface area (Å²) in [6.07, 6.45) is 0.938. The van der Waals surface area contributed by atoms with Gasteiger partial charge in [-0.3, -0.25) is 9.69 Å². The van der Waals surface area contributed by atoms with Gasteiger partial charge in [0.1, 0.15) is 0 Å². The second-order valence-electron chi connectivity index (χ2n) is 3.44. The Kier molecular flexibility index (Phi) is 7.42. The number of nitrogens with two attached hydrogens (primary N) is 1. The standard InChI is InChI=1S/C10H23N3O/c1-4-12-10(14)8-13(5-2)9(3)6-7-11/h9H,4-8,11H2,1-3H3,(H,12,14). The molecule has 0 aliphatic carbocycles. The van der Waals surface area contributed by atoms with E-state index in [0.717, 1.165) is 13.0 Å². The number of carbonyl (C=O) groups is 1. The predicted octanol–water partition coefficient (Wildman–Crippen LogP) is 0.182. The molecule has 3 N–H and O–H groups in total. The van der Waals surface area contributed by atoms with Gasteiger partial charge in [-0.15, -0.1) is 0 Å². The third-order valence-corrected chi connectivity index (χ3v) is 2.33. The number of amides is 1. The number of carbonyl (C=O) groups excluding carboxylic acids is 1. The van der Waals surface area contributed by atoms with E-state index in [1.54, 1.807) is 0 Å². The SMILES string of the molecule is CCNC(=O)CN(CC)C(C)CCN. The molecule has 0 aliphatic rings. The lowest BCUT2D eigenvalue weighted by molar-refractivity contribution is -0.122. The van der Waals surface area contributed by atoms with Crippen molar-refractivity contribution in [3.8, 4) is 0 Å². The summed E-state index contributed by atoms with van der Waals surface area (Å²) in [6, 6.07) is 0.382. The van der Waals surface area contributed by atoms with Gasteiger partial charge in [-0.2, -0.15) is 0 Å². The minimum absolute atomic E-state index is 0.0956. The first-order valence-corrected chi connectivity index (χ1v) is 5.36. The monoisotopic (exact) mass is 201 g/mol. The van der Waals surface area contributed by atoms with Crippen LogP contribution in [0.15, 0.2) is 0 Å². The Bertz CT molecular complexity index is 161. The maximum atomic E-state index is 11.3. The van der Waals surface area contributed by atoms with Crippen molar-refractivity contribution in [3.63, 3.8) is 0 Å². The molecule has 0 bridgehead atoms. The Balaban J connectivity index is 3.94. The third kappa shape index (κ3) is 5.19. The molecule has 1 amide bonds. The first-order chi connectivity index (χ1) is 6.65. The van der Waals surface area contributed by atoms with E-state index in [-0.39, 0.29) is 5.91 Å². The molecule has 0 heterocycles. The lowest BCUT2D eigenvalue weighted by atomic mass is 10.2. The highest BCUT2D eigenvalue weighted by atomic mass is 16.2. The number of hydrogen-bond acceptors (Lipinski definition) is 3. The first kappa shape index (κ1) is 13.4. The van der Waals surface area contributed by atoms with Gasteiger partial charge >= 0.3 is 0 Å². The highest BCUT2D eigenvalue weighted by Gasteiger charge is 2.13. The molecule has 14 heavy (non-hydrogen) atoms. The molecule has 4 nitrogen and oxygen atoms in total. The molecule has 4 heteroatoms. The van der Waals surface area contributed by atoms with Crippen molar-refractivity contribution < 1.29 is 4.79 Å². The molecule has 0 saturated heterocycles. The molecule has 0 radical (unpaired) electrons. The van der Waals surface area contributed by atoms with Gasteiger partial charge in [-0.25, -0.2) is 0 Å². The molecule has 0 aromatic heterocycles. The van der Waals surface area contributed by atoms with Crippen molar-refractivity contribution in [2.45, 2.75) is 33.2 Å². The lowest BCUT2D eigenvalue weighted by Crippen LogP contribution is -2.42. The quantitative estimate of drug-likeness (QED) is 0.618. The van der Waals surface area contributed by atoms with Crippen LogP contribution in [-0.2, 0) is 4.79 Å². The molecule has 1 unspecified atom stereocenters. The van der Waals surface area contributed by atoms with E-state index >= 15 is 0 Å². The van der Waals surface area contributed by atoms with Crippen molar-refractivity contribution in [2.75, 3.05) is 26.2 Å². The van der Waals surface area contributed by atoms with E-state index in [2.05, 4.69) is 24.1 Å². The molecule has 0 aromatic rings. The smallest absolute Gasteiger partial charge is 0.234 e. The second-order valence-corrected chi connectivity index (χ2v) is 3.44. The van der Waals surface area contributed by atoms with Gasteiger partial charge in [0.05, 0.1) is 6.54 Å². The summed E-state index contributed by atoms with van der Waals surface area (Å²) in [5, 5.41) is 2.80. The molecule has 1 atom stereocenters. The summed E-state index contributed by atoms with van der Waals surface area (Å²) < 4.78 is 0. The number of nitrogens with one attached hydrogen (secondary N) is 1. The zero-order valence-electron chi connectivity index (χ0n) is 9.55. The zero-order valence-corrected chi connectivity index (χ0v) is 9.55. The molecule has 0 aliphatic heterocycles. The molecule has 0 aromatic carbocycles. The van der Waals surface area contributed by atoms with E-state index in [1.807, 2.05) is 6.92 Å². The lowest BCUT2D eigenvalue weighted by Gasteiger charge is -2.26. The van der Waals surface area contributed by atoms with Crippen molar-refractivity contribution in [1.82, 2.24) is 10.2 Å². The van der Waals surface area contributed by atoms with Crippen molar-refractivity contribution >= 4 is 5.91 Å². The molecule has 0 fully saturated rings. The van der Waals surface area contributed by atoms with Crippen LogP contribution >= 0.6 is 0 Å². The summed E-state index contributed by atoms with van der Waals surface area (Å²) in [4.78, 5) is 13.5. The molecular weight excluding hydrogens is 178 g/mol.